The number of nitrogens with zero attached hydrogens (tertiary/aromatic N) is 1. The Morgan fingerprint density at radius 2 is 1.89 bits per heavy atom. The zero-order chi connectivity index (χ0) is 20.3. The molecule has 28 heavy (non-hydrogen) atoms. The second-order valence-corrected chi connectivity index (χ2v) is 8.18. The van der Waals surface area contributed by atoms with Crippen LogP contribution in [0.2, 0.25) is 0 Å². The minimum Gasteiger partial charge on any atom is -0.383 e. The molecule has 0 saturated heterocycles. The van der Waals surface area contributed by atoms with Crippen molar-refractivity contribution in [3.8, 4) is 6.07 Å². The molecule has 0 fully saturated rings. The highest BCUT2D eigenvalue weighted by Crippen LogP contribution is 2.30. The summed E-state index contributed by atoms with van der Waals surface area (Å²) in [6.07, 6.45) is 1.85. The normalized spacial score (nSPS) is 11.4. The van der Waals surface area contributed by atoms with Gasteiger partial charge in [-0.15, -0.1) is 0 Å². The SMILES string of the molecule is COCCNc1ccc(S(=O)(=O)Nc2ccc(C)c3c(C)c[nH]c23)cc1C#N. The lowest BCUT2D eigenvalue weighted by Crippen LogP contribution is -2.14. The van der Waals surface area contributed by atoms with Crippen molar-refractivity contribution in [3.05, 3.63) is 53.2 Å². The lowest BCUT2D eigenvalue weighted by molar-refractivity contribution is 0.211. The van der Waals surface area contributed by atoms with Gasteiger partial charge in [0, 0.05) is 25.2 Å². The number of anilines is 2. The van der Waals surface area contributed by atoms with E-state index in [1.54, 1.807) is 19.2 Å². The van der Waals surface area contributed by atoms with Gasteiger partial charge >= 0.3 is 0 Å². The molecular formula is C20H22N4O3S. The molecule has 146 valence electrons. The Kier molecular flexibility index (Phi) is 5.58. The molecule has 0 aliphatic rings. The van der Waals surface area contributed by atoms with Gasteiger partial charge in [-0.05, 0) is 49.2 Å². The summed E-state index contributed by atoms with van der Waals surface area (Å²) in [5, 5.41) is 13.4. The molecule has 3 N–H and O–H groups in total. The summed E-state index contributed by atoms with van der Waals surface area (Å²) in [7, 11) is -2.27. The van der Waals surface area contributed by atoms with Crippen LogP contribution in [0.1, 0.15) is 16.7 Å². The van der Waals surface area contributed by atoms with E-state index in [0.29, 0.717) is 24.5 Å². The van der Waals surface area contributed by atoms with Crippen LogP contribution in [0.5, 0.6) is 0 Å². The predicted octanol–water partition coefficient (Wildman–Crippen LogP) is 3.52. The number of ether oxygens (including phenoxy) is 1. The van der Waals surface area contributed by atoms with Crippen molar-refractivity contribution in [1.29, 1.82) is 5.26 Å². The van der Waals surface area contributed by atoms with Crippen molar-refractivity contribution >= 4 is 32.3 Å². The zero-order valence-electron chi connectivity index (χ0n) is 16.0. The van der Waals surface area contributed by atoms with Gasteiger partial charge in [-0.25, -0.2) is 8.42 Å². The zero-order valence-corrected chi connectivity index (χ0v) is 16.8. The standard InChI is InChI=1S/C20H22N4O3S/c1-13-4-6-18(20-19(13)14(2)12-23-20)24-28(25,26)16-5-7-17(15(10-16)11-21)22-8-9-27-3/h4-7,10,12,22-24H,8-9H2,1-3H3. The number of nitriles is 1. The number of aromatic amines is 1. The first-order valence-electron chi connectivity index (χ1n) is 8.74. The lowest BCUT2D eigenvalue weighted by atomic mass is 10.1. The minimum absolute atomic E-state index is 0.0262. The summed E-state index contributed by atoms with van der Waals surface area (Å²) in [5.74, 6) is 0. The molecule has 1 aromatic heterocycles. The lowest BCUT2D eigenvalue weighted by Gasteiger charge is -2.12. The van der Waals surface area contributed by atoms with Crippen molar-refractivity contribution < 1.29 is 13.2 Å². The van der Waals surface area contributed by atoms with Crippen molar-refractivity contribution in [2.75, 3.05) is 30.3 Å². The molecule has 8 heteroatoms. The third-order valence-electron chi connectivity index (χ3n) is 4.53. The second-order valence-electron chi connectivity index (χ2n) is 6.50. The molecule has 0 bridgehead atoms. The molecule has 0 spiro atoms. The summed E-state index contributed by atoms with van der Waals surface area (Å²) >= 11 is 0. The maximum atomic E-state index is 12.9. The topological polar surface area (TPSA) is 107 Å². The largest absolute Gasteiger partial charge is 0.383 e. The summed E-state index contributed by atoms with van der Waals surface area (Å²) in [6.45, 7) is 4.95. The van der Waals surface area contributed by atoms with Gasteiger partial charge in [0.25, 0.3) is 10.0 Å². The summed E-state index contributed by atoms with van der Waals surface area (Å²) in [6, 6.07) is 10.1. The Morgan fingerprint density at radius 1 is 1.14 bits per heavy atom. The number of fused-ring (bicyclic) bond motifs is 1. The van der Waals surface area contributed by atoms with Crippen LogP contribution in [0.3, 0.4) is 0 Å². The smallest absolute Gasteiger partial charge is 0.262 e. The van der Waals surface area contributed by atoms with Crippen molar-refractivity contribution in [2.45, 2.75) is 18.7 Å². The predicted molar refractivity (Wildman–Crippen MR) is 110 cm³/mol. The molecule has 0 aliphatic heterocycles. The molecule has 0 atom stereocenters. The number of nitrogens with one attached hydrogen (secondary N) is 3. The number of aromatic nitrogens is 1. The Hall–Kier alpha value is -3.02. The Labute approximate surface area is 164 Å². The summed E-state index contributed by atoms with van der Waals surface area (Å²) in [5.41, 5.74) is 4.13. The Bertz CT molecular complexity index is 1160. The van der Waals surface area contributed by atoms with E-state index in [-0.39, 0.29) is 10.5 Å². The van der Waals surface area contributed by atoms with Crippen LogP contribution in [0.15, 0.2) is 41.4 Å². The second kappa shape index (κ2) is 7.92. The van der Waals surface area contributed by atoms with Crippen LogP contribution >= 0.6 is 0 Å². The van der Waals surface area contributed by atoms with Crippen LogP contribution < -0.4 is 10.0 Å². The van der Waals surface area contributed by atoms with Crippen molar-refractivity contribution in [2.24, 2.45) is 0 Å². The quantitative estimate of drug-likeness (QED) is 0.528. The average molecular weight is 398 g/mol. The number of aryl methyl sites for hydroxylation is 2. The van der Waals surface area contributed by atoms with Gasteiger partial charge in [-0.3, -0.25) is 4.72 Å². The maximum Gasteiger partial charge on any atom is 0.262 e. The molecule has 1 heterocycles. The highest BCUT2D eigenvalue weighted by Gasteiger charge is 2.19. The van der Waals surface area contributed by atoms with Gasteiger partial charge in [0.05, 0.1) is 34.0 Å². The molecule has 3 rings (SSSR count). The fraction of sp³-hybridized carbons (Fsp3) is 0.250. The molecule has 7 nitrogen and oxygen atoms in total. The number of H-pyrrole nitrogens is 1. The van der Waals surface area contributed by atoms with Crippen molar-refractivity contribution in [1.82, 2.24) is 4.98 Å². The first-order chi connectivity index (χ1) is 13.4. The number of benzene rings is 2. The molecule has 0 aliphatic carbocycles. The maximum absolute atomic E-state index is 12.9. The molecule has 0 saturated carbocycles. The Balaban J connectivity index is 1.94. The highest BCUT2D eigenvalue weighted by atomic mass is 32.2. The molecular weight excluding hydrogens is 376 g/mol. The number of methoxy groups -OCH3 is 1. The molecule has 3 aromatic rings. The molecule has 0 unspecified atom stereocenters. The van der Waals surface area contributed by atoms with Crippen LogP contribution in [-0.4, -0.2) is 33.7 Å². The van der Waals surface area contributed by atoms with Crippen LogP contribution in [-0.2, 0) is 14.8 Å². The van der Waals surface area contributed by atoms with E-state index in [2.05, 4.69) is 15.0 Å². The van der Waals surface area contributed by atoms with Gasteiger partial charge in [-0.2, -0.15) is 5.26 Å². The van der Waals surface area contributed by atoms with Gasteiger partial charge in [0.2, 0.25) is 0 Å². The number of hydrogen-bond donors (Lipinski definition) is 3. The number of hydrogen-bond acceptors (Lipinski definition) is 5. The average Bonchev–Trinajstić information content (AvgIpc) is 3.07. The van der Waals surface area contributed by atoms with Crippen LogP contribution in [0.25, 0.3) is 10.9 Å². The van der Waals surface area contributed by atoms with E-state index in [4.69, 9.17) is 4.74 Å². The van der Waals surface area contributed by atoms with E-state index in [0.717, 1.165) is 22.0 Å². The first-order valence-corrected chi connectivity index (χ1v) is 10.2. The number of sulfonamides is 1. The number of rotatable bonds is 7. The molecule has 0 radical (unpaired) electrons. The van der Waals surface area contributed by atoms with E-state index in [1.807, 2.05) is 32.2 Å². The van der Waals surface area contributed by atoms with Crippen LogP contribution in [0, 0.1) is 25.2 Å². The fourth-order valence-electron chi connectivity index (χ4n) is 3.13. The van der Waals surface area contributed by atoms with Crippen LogP contribution in [0.4, 0.5) is 11.4 Å². The Morgan fingerprint density at radius 3 is 2.61 bits per heavy atom. The van der Waals surface area contributed by atoms with Gasteiger partial charge in [0.15, 0.2) is 0 Å². The first kappa shape index (κ1) is 19.7. The van der Waals surface area contributed by atoms with E-state index < -0.39 is 10.0 Å². The van der Waals surface area contributed by atoms with Gasteiger partial charge in [0.1, 0.15) is 6.07 Å². The van der Waals surface area contributed by atoms with E-state index >= 15 is 0 Å². The summed E-state index contributed by atoms with van der Waals surface area (Å²) < 4.78 is 33.4. The molecule has 2 aromatic carbocycles. The van der Waals surface area contributed by atoms with Gasteiger partial charge < -0.3 is 15.0 Å². The molecule has 0 amide bonds. The van der Waals surface area contributed by atoms with Crippen molar-refractivity contribution in [3.63, 3.8) is 0 Å². The summed E-state index contributed by atoms with van der Waals surface area (Å²) in [4.78, 5) is 3.16. The van der Waals surface area contributed by atoms with E-state index in [1.165, 1.54) is 12.1 Å². The minimum atomic E-state index is -3.86. The van der Waals surface area contributed by atoms with E-state index in [9.17, 15) is 13.7 Å². The highest BCUT2D eigenvalue weighted by molar-refractivity contribution is 7.92. The van der Waals surface area contributed by atoms with Gasteiger partial charge in [-0.1, -0.05) is 6.07 Å². The third-order valence-corrected chi connectivity index (χ3v) is 5.89. The monoisotopic (exact) mass is 398 g/mol. The fourth-order valence-corrected chi connectivity index (χ4v) is 4.23. The third kappa shape index (κ3) is 3.81.